The first-order valence-electron chi connectivity index (χ1n) is 10.0. The van der Waals surface area contributed by atoms with Gasteiger partial charge in [-0.05, 0) is 43.2 Å². The maximum atomic E-state index is 13.5. The molecule has 0 saturated carbocycles. The van der Waals surface area contributed by atoms with E-state index in [1.807, 2.05) is 19.9 Å². The van der Waals surface area contributed by atoms with E-state index < -0.39 is 22.5 Å². The van der Waals surface area contributed by atoms with Crippen molar-refractivity contribution < 1.29 is 22.7 Å². The highest BCUT2D eigenvalue weighted by molar-refractivity contribution is 7.92. The summed E-state index contributed by atoms with van der Waals surface area (Å²) in [4.78, 5) is 13.2. The van der Waals surface area contributed by atoms with Gasteiger partial charge in [0.15, 0.2) is 0 Å². The Morgan fingerprint density at radius 1 is 0.970 bits per heavy atom. The van der Waals surface area contributed by atoms with Crippen LogP contribution in [0, 0.1) is 13.8 Å². The number of nitrogens with zero attached hydrogens (tertiary/aromatic N) is 1. The summed E-state index contributed by atoms with van der Waals surface area (Å²) in [6.45, 7) is 3.26. The lowest BCUT2D eigenvalue weighted by Gasteiger charge is -2.26. The number of benzene rings is 3. The fraction of sp³-hybridized carbons (Fsp3) is 0.208. The van der Waals surface area contributed by atoms with Crippen molar-refractivity contribution in [2.75, 3.05) is 30.4 Å². The molecule has 3 rings (SSSR count). The number of rotatable bonds is 8. The van der Waals surface area contributed by atoms with Gasteiger partial charge in [0.25, 0.3) is 10.0 Å². The first-order chi connectivity index (χ1) is 15.7. The van der Waals surface area contributed by atoms with E-state index in [0.29, 0.717) is 27.9 Å². The van der Waals surface area contributed by atoms with Crippen LogP contribution in [0.15, 0.2) is 65.6 Å². The number of nitrogens with one attached hydrogen (secondary N) is 1. The molecule has 1 N–H and O–H groups in total. The molecule has 0 spiro atoms. The fourth-order valence-electron chi connectivity index (χ4n) is 3.30. The molecule has 0 atom stereocenters. The number of halogens is 1. The van der Waals surface area contributed by atoms with Gasteiger partial charge in [-0.25, -0.2) is 8.42 Å². The standard InChI is InChI=1S/C24H25ClN2O5S/c1-16-9-8-12-21(17(16)2)27(33(29,30)18-10-6-5-7-11-18)15-24(28)26-20-14-22(31-3)19(25)13-23(20)32-4/h5-14H,15H2,1-4H3,(H,26,28). The van der Waals surface area contributed by atoms with Crippen LogP contribution in [0.2, 0.25) is 5.02 Å². The second-order valence-corrected chi connectivity index (χ2v) is 9.55. The minimum Gasteiger partial charge on any atom is -0.495 e. The number of methoxy groups -OCH3 is 2. The first-order valence-corrected chi connectivity index (χ1v) is 11.9. The van der Waals surface area contributed by atoms with Crippen LogP contribution in [0.1, 0.15) is 11.1 Å². The Labute approximate surface area is 198 Å². The monoisotopic (exact) mass is 488 g/mol. The summed E-state index contributed by atoms with van der Waals surface area (Å²) in [6.07, 6.45) is 0. The molecule has 0 aliphatic carbocycles. The molecule has 0 unspecified atom stereocenters. The van der Waals surface area contributed by atoms with Crippen LogP contribution in [0.5, 0.6) is 11.5 Å². The second-order valence-electron chi connectivity index (χ2n) is 7.28. The Bertz CT molecular complexity index is 1260. The predicted octanol–water partition coefficient (Wildman–Crippen LogP) is 4.81. The highest BCUT2D eigenvalue weighted by atomic mass is 35.5. The average Bonchev–Trinajstić information content (AvgIpc) is 2.80. The zero-order valence-corrected chi connectivity index (χ0v) is 20.3. The van der Waals surface area contributed by atoms with E-state index >= 15 is 0 Å². The van der Waals surface area contributed by atoms with Gasteiger partial charge < -0.3 is 14.8 Å². The maximum Gasteiger partial charge on any atom is 0.264 e. The van der Waals surface area contributed by atoms with E-state index in [2.05, 4.69) is 5.32 Å². The highest BCUT2D eigenvalue weighted by Gasteiger charge is 2.29. The molecule has 9 heteroatoms. The number of carbonyl (C=O) groups excluding carboxylic acids is 1. The highest BCUT2D eigenvalue weighted by Crippen LogP contribution is 2.36. The molecule has 0 saturated heterocycles. The third-order valence-electron chi connectivity index (χ3n) is 5.21. The third kappa shape index (κ3) is 5.23. The zero-order chi connectivity index (χ0) is 24.2. The average molecular weight is 489 g/mol. The van der Waals surface area contributed by atoms with Crippen molar-refractivity contribution in [1.82, 2.24) is 0 Å². The predicted molar refractivity (Wildman–Crippen MR) is 130 cm³/mol. The van der Waals surface area contributed by atoms with Gasteiger partial charge in [0, 0.05) is 12.1 Å². The smallest absolute Gasteiger partial charge is 0.264 e. The lowest BCUT2D eigenvalue weighted by Crippen LogP contribution is -2.38. The van der Waals surface area contributed by atoms with Crippen molar-refractivity contribution in [3.05, 3.63) is 76.8 Å². The minimum atomic E-state index is -4.02. The lowest BCUT2D eigenvalue weighted by molar-refractivity contribution is -0.114. The van der Waals surface area contributed by atoms with E-state index in [4.69, 9.17) is 21.1 Å². The molecular formula is C24H25ClN2O5S. The molecular weight excluding hydrogens is 464 g/mol. The number of carbonyl (C=O) groups is 1. The molecule has 7 nitrogen and oxygen atoms in total. The second kappa shape index (κ2) is 10.1. The summed E-state index contributed by atoms with van der Waals surface area (Å²) < 4.78 is 38.7. The third-order valence-corrected chi connectivity index (χ3v) is 7.28. The quantitative estimate of drug-likeness (QED) is 0.492. The summed E-state index contributed by atoms with van der Waals surface area (Å²) in [5, 5.41) is 3.03. The van der Waals surface area contributed by atoms with Gasteiger partial charge >= 0.3 is 0 Å². The van der Waals surface area contributed by atoms with Gasteiger partial charge in [-0.2, -0.15) is 0 Å². The summed E-state index contributed by atoms with van der Waals surface area (Å²) in [7, 11) is -1.13. The van der Waals surface area contributed by atoms with Crippen molar-refractivity contribution in [3.8, 4) is 11.5 Å². The Morgan fingerprint density at radius 3 is 2.27 bits per heavy atom. The van der Waals surface area contributed by atoms with Gasteiger partial charge in [-0.1, -0.05) is 41.9 Å². The van der Waals surface area contributed by atoms with Crippen LogP contribution < -0.4 is 19.1 Å². The Morgan fingerprint density at radius 2 is 1.64 bits per heavy atom. The van der Waals surface area contributed by atoms with Gasteiger partial charge in [0.2, 0.25) is 5.91 Å². The van der Waals surface area contributed by atoms with Crippen molar-refractivity contribution in [2.24, 2.45) is 0 Å². The van der Waals surface area contributed by atoms with Crippen molar-refractivity contribution in [3.63, 3.8) is 0 Å². The molecule has 3 aromatic carbocycles. The van der Waals surface area contributed by atoms with Crippen LogP contribution in [-0.2, 0) is 14.8 Å². The molecule has 0 radical (unpaired) electrons. The number of hydrogen-bond acceptors (Lipinski definition) is 5. The van der Waals surface area contributed by atoms with Crippen LogP contribution in [0.25, 0.3) is 0 Å². The van der Waals surface area contributed by atoms with E-state index in [9.17, 15) is 13.2 Å². The normalized spacial score (nSPS) is 11.1. The number of aryl methyl sites for hydroxylation is 1. The topological polar surface area (TPSA) is 84.9 Å². The summed E-state index contributed by atoms with van der Waals surface area (Å²) in [5.41, 5.74) is 2.40. The minimum absolute atomic E-state index is 0.0875. The van der Waals surface area contributed by atoms with E-state index in [0.717, 1.165) is 15.4 Å². The van der Waals surface area contributed by atoms with Crippen molar-refractivity contribution >= 4 is 38.9 Å². The summed E-state index contributed by atoms with van der Waals surface area (Å²) in [6, 6.07) is 16.4. The summed E-state index contributed by atoms with van der Waals surface area (Å²) in [5.74, 6) is 0.104. The van der Waals surface area contributed by atoms with Crippen LogP contribution in [0.3, 0.4) is 0 Å². The molecule has 33 heavy (non-hydrogen) atoms. The number of hydrogen-bond donors (Lipinski definition) is 1. The van der Waals surface area contributed by atoms with Crippen molar-refractivity contribution in [1.29, 1.82) is 0 Å². The zero-order valence-electron chi connectivity index (χ0n) is 18.8. The lowest BCUT2D eigenvalue weighted by atomic mass is 10.1. The summed E-state index contributed by atoms with van der Waals surface area (Å²) >= 11 is 6.14. The molecule has 0 aromatic heterocycles. The van der Waals surface area contributed by atoms with Crippen LogP contribution >= 0.6 is 11.6 Å². The van der Waals surface area contributed by atoms with E-state index in [-0.39, 0.29) is 4.90 Å². The Kier molecular flexibility index (Phi) is 7.50. The number of amides is 1. The molecule has 0 bridgehead atoms. The Balaban J connectivity index is 2.01. The molecule has 174 valence electrons. The molecule has 0 heterocycles. The maximum absolute atomic E-state index is 13.5. The largest absolute Gasteiger partial charge is 0.495 e. The van der Waals surface area contributed by atoms with Gasteiger partial charge in [-0.3, -0.25) is 9.10 Å². The molecule has 0 aliphatic heterocycles. The van der Waals surface area contributed by atoms with Crippen LogP contribution in [0.4, 0.5) is 11.4 Å². The number of anilines is 2. The van der Waals surface area contributed by atoms with Gasteiger partial charge in [0.1, 0.15) is 18.0 Å². The molecule has 3 aromatic rings. The SMILES string of the molecule is COc1cc(NC(=O)CN(c2cccc(C)c2C)S(=O)(=O)c2ccccc2)c(OC)cc1Cl. The number of sulfonamides is 1. The van der Waals surface area contributed by atoms with Gasteiger partial charge in [0.05, 0.1) is 35.5 Å². The molecule has 0 fully saturated rings. The van der Waals surface area contributed by atoms with Gasteiger partial charge in [-0.15, -0.1) is 0 Å². The van der Waals surface area contributed by atoms with E-state index in [1.54, 1.807) is 30.3 Å². The fourth-order valence-corrected chi connectivity index (χ4v) is 5.03. The number of ether oxygens (including phenoxy) is 2. The van der Waals surface area contributed by atoms with Crippen molar-refractivity contribution in [2.45, 2.75) is 18.7 Å². The first kappa shape index (κ1) is 24.4. The van der Waals surface area contributed by atoms with E-state index in [1.165, 1.54) is 38.5 Å². The molecule has 1 amide bonds. The van der Waals surface area contributed by atoms with Crippen LogP contribution in [-0.4, -0.2) is 35.1 Å². The molecule has 0 aliphatic rings. The Hall–Kier alpha value is -3.23.